The number of benzene rings is 1. The molecule has 0 fully saturated rings. The van der Waals surface area contributed by atoms with Crippen molar-refractivity contribution in [2.24, 2.45) is 0 Å². The van der Waals surface area contributed by atoms with Crippen molar-refractivity contribution in [2.45, 2.75) is 19.4 Å². The van der Waals surface area contributed by atoms with Gasteiger partial charge in [-0.15, -0.1) is 0 Å². The van der Waals surface area contributed by atoms with Crippen molar-refractivity contribution in [3.63, 3.8) is 0 Å². The predicted octanol–water partition coefficient (Wildman–Crippen LogP) is 3.05. The Morgan fingerprint density at radius 1 is 1.33 bits per heavy atom. The van der Waals surface area contributed by atoms with E-state index in [-0.39, 0.29) is 17.0 Å². The maximum Gasteiger partial charge on any atom is 0.339 e. The molecule has 6 nitrogen and oxygen atoms in total. The van der Waals surface area contributed by atoms with E-state index in [2.05, 4.69) is 0 Å². The van der Waals surface area contributed by atoms with Crippen LogP contribution >= 0.6 is 0 Å². The zero-order valence-electron chi connectivity index (χ0n) is 11.6. The molecule has 1 aromatic rings. The molecule has 1 atom stereocenters. The van der Waals surface area contributed by atoms with E-state index in [4.69, 9.17) is 10.1 Å². The van der Waals surface area contributed by atoms with Crippen LogP contribution in [0.3, 0.4) is 0 Å². The monoisotopic (exact) mass is 286 g/mol. The Balaban J connectivity index is 2.18. The Hall–Kier alpha value is -2.76. The number of nitro benzene ring substituents is 1. The second-order valence-electron chi connectivity index (χ2n) is 4.88. The third kappa shape index (κ3) is 2.89. The molecule has 0 amide bonds. The van der Waals surface area contributed by atoms with Gasteiger partial charge in [-0.3, -0.25) is 10.1 Å². The lowest BCUT2D eigenvalue weighted by Gasteiger charge is -2.29. The number of carbonyl (C=O) groups excluding carboxylic acids is 1. The molecule has 2 rings (SSSR count). The third-order valence-electron chi connectivity index (χ3n) is 3.27. The Kier molecular flexibility index (Phi) is 3.71. The Bertz CT molecular complexity index is 673. The molecule has 6 heteroatoms. The van der Waals surface area contributed by atoms with Crippen molar-refractivity contribution >= 4 is 17.4 Å². The lowest BCUT2D eigenvalue weighted by Crippen LogP contribution is -2.39. The van der Waals surface area contributed by atoms with Gasteiger partial charge in [-0.2, -0.15) is 0 Å². The zero-order valence-corrected chi connectivity index (χ0v) is 11.6. The van der Waals surface area contributed by atoms with E-state index >= 15 is 0 Å². The van der Waals surface area contributed by atoms with Crippen molar-refractivity contribution in [1.29, 1.82) is 5.41 Å². The van der Waals surface area contributed by atoms with E-state index in [0.717, 1.165) is 5.57 Å². The van der Waals surface area contributed by atoms with Gasteiger partial charge in [0.2, 0.25) is 0 Å². The van der Waals surface area contributed by atoms with Gasteiger partial charge in [0.1, 0.15) is 0 Å². The van der Waals surface area contributed by atoms with Gasteiger partial charge in [-0.1, -0.05) is 12.2 Å². The topological polar surface area (TPSA) is 93.3 Å². The molecule has 1 aliphatic carbocycles. The van der Waals surface area contributed by atoms with Crippen LogP contribution in [-0.4, -0.2) is 22.2 Å². The van der Waals surface area contributed by atoms with Crippen LogP contribution in [0.2, 0.25) is 0 Å². The van der Waals surface area contributed by atoms with Crippen LogP contribution in [0.25, 0.3) is 0 Å². The first-order valence-corrected chi connectivity index (χ1v) is 6.27. The van der Waals surface area contributed by atoms with Gasteiger partial charge in [0.05, 0.1) is 16.2 Å². The molecule has 1 aliphatic rings. The molecule has 1 aromatic carbocycles. The minimum atomic E-state index is -1.13. The summed E-state index contributed by atoms with van der Waals surface area (Å²) in [5, 5.41) is 18.6. The molecule has 0 saturated carbocycles. The number of hydrogen-bond donors (Lipinski definition) is 1. The zero-order chi connectivity index (χ0) is 15.6. The van der Waals surface area contributed by atoms with Crippen molar-refractivity contribution in [3.05, 3.63) is 63.7 Å². The van der Waals surface area contributed by atoms with Crippen LogP contribution in [0.15, 0.2) is 48.1 Å². The van der Waals surface area contributed by atoms with Crippen LogP contribution in [0.4, 0.5) is 5.69 Å². The summed E-state index contributed by atoms with van der Waals surface area (Å²) in [4.78, 5) is 22.1. The van der Waals surface area contributed by atoms with E-state index in [1.54, 1.807) is 32.1 Å². The largest absolute Gasteiger partial charge is 0.445 e. The second kappa shape index (κ2) is 5.32. The van der Waals surface area contributed by atoms with Crippen molar-refractivity contribution in [3.8, 4) is 0 Å². The number of nitrogens with zero attached hydrogens (tertiary/aromatic N) is 1. The third-order valence-corrected chi connectivity index (χ3v) is 3.27. The quantitative estimate of drug-likeness (QED) is 0.525. The average molecular weight is 286 g/mol. The highest BCUT2D eigenvalue weighted by Crippen LogP contribution is 2.25. The number of nitrogens with one attached hydrogen (secondary N) is 1. The van der Waals surface area contributed by atoms with Gasteiger partial charge < -0.3 is 10.1 Å². The fourth-order valence-corrected chi connectivity index (χ4v) is 1.99. The van der Waals surface area contributed by atoms with Crippen LogP contribution in [0.5, 0.6) is 0 Å². The van der Waals surface area contributed by atoms with Crippen molar-refractivity contribution < 1.29 is 14.5 Å². The minimum absolute atomic E-state index is 0.0955. The highest BCUT2D eigenvalue weighted by molar-refractivity contribution is 6.07. The number of nitro groups is 1. The van der Waals surface area contributed by atoms with E-state index in [1.165, 1.54) is 24.3 Å². The SMILES string of the molecule is CC1=CC=CC(C)(OC(=O)c2ccc([N+](=O)[O-])cc2)C1=N. The summed E-state index contributed by atoms with van der Waals surface area (Å²) in [5.41, 5.74) is -0.0913. The summed E-state index contributed by atoms with van der Waals surface area (Å²) >= 11 is 0. The molecule has 21 heavy (non-hydrogen) atoms. The number of carbonyl (C=O) groups is 1. The van der Waals surface area contributed by atoms with Crippen molar-refractivity contribution in [1.82, 2.24) is 0 Å². The van der Waals surface area contributed by atoms with Crippen LogP contribution in [0.1, 0.15) is 24.2 Å². The molecular weight excluding hydrogens is 272 g/mol. The van der Waals surface area contributed by atoms with Crippen molar-refractivity contribution in [2.75, 3.05) is 0 Å². The summed E-state index contributed by atoms with van der Waals surface area (Å²) in [5.74, 6) is -0.628. The van der Waals surface area contributed by atoms with E-state index in [9.17, 15) is 14.9 Å². The number of rotatable bonds is 3. The summed E-state index contributed by atoms with van der Waals surface area (Å²) in [6.45, 7) is 3.40. The lowest BCUT2D eigenvalue weighted by atomic mass is 9.89. The molecule has 0 heterocycles. The fraction of sp³-hybridized carbons (Fsp3) is 0.200. The van der Waals surface area contributed by atoms with Gasteiger partial charge in [0.15, 0.2) is 5.60 Å². The van der Waals surface area contributed by atoms with Gasteiger partial charge in [0.25, 0.3) is 5.69 Å². The summed E-state index contributed by atoms with van der Waals surface area (Å²) in [7, 11) is 0. The fourth-order valence-electron chi connectivity index (χ4n) is 1.99. The molecule has 0 aromatic heterocycles. The Morgan fingerprint density at radius 3 is 2.52 bits per heavy atom. The second-order valence-corrected chi connectivity index (χ2v) is 4.88. The number of esters is 1. The van der Waals surface area contributed by atoms with E-state index in [0.29, 0.717) is 0 Å². The molecule has 0 spiro atoms. The Morgan fingerprint density at radius 2 is 1.95 bits per heavy atom. The van der Waals surface area contributed by atoms with Crippen LogP contribution < -0.4 is 0 Å². The minimum Gasteiger partial charge on any atom is -0.445 e. The first-order chi connectivity index (χ1) is 9.83. The van der Waals surface area contributed by atoms with Gasteiger partial charge in [-0.05, 0) is 37.6 Å². The molecule has 0 saturated heterocycles. The lowest BCUT2D eigenvalue weighted by molar-refractivity contribution is -0.384. The number of allylic oxidation sites excluding steroid dienone is 2. The molecule has 0 aliphatic heterocycles. The smallest absolute Gasteiger partial charge is 0.339 e. The summed E-state index contributed by atoms with van der Waals surface area (Å²) < 4.78 is 5.39. The predicted molar refractivity (Wildman–Crippen MR) is 77.5 cm³/mol. The maximum atomic E-state index is 12.1. The number of non-ortho nitro benzene ring substituents is 1. The van der Waals surface area contributed by atoms with E-state index < -0.39 is 16.5 Å². The number of hydrogen-bond acceptors (Lipinski definition) is 5. The van der Waals surface area contributed by atoms with E-state index in [1.807, 2.05) is 0 Å². The van der Waals surface area contributed by atoms with Gasteiger partial charge in [0, 0.05) is 12.1 Å². The molecule has 1 unspecified atom stereocenters. The average Bonchev–Trinajstić information content (AvgIpc) is 2.45. The normalized spacial score (nSPS) is 20.9. The maximum absolute atomic E-state index is 12.1. The Labute approximate surface area is 121 Å². The number of ether oxygens (including phenoxy) is 1. The van der Waals surface area contributed by atoms with Crippen LogP contribution in [-0.2, 0) is 4.74 Å². The molecule has 0 bridgehead atoms. The highest BCUT2D eigenvalue weighted by Gasteiger charge is 2.34. The molecule has 1 N–H and O–H groups in total. The molecular formula is C15H14N2O4. The highest BCUT2D eigenvalue weighted by atomic mass is 16.6. The summed E-state index contributed by atoms with van der Waals surface area (Å²) in [6, 6.07) is 5.16. The first kappa shape index (κ1) is 14.6. The standard InChI is InChI=1S/C15H14N2O4/c1-10-4-3-9-15(2,13(10)16)21-14(18)11-5-7-12(8-6-11)17(19)20/h3-9,16H,1-2H3. The van der Waals surface area contributed by atoms with Gasteiger partial charge in [-0.25, -0.2) is 4.79 Å². The summed E-state index contributed by atoms with van der Waals surface area (Å²) in [6.07, 6.45) is 5.13. The molecule has 0 radical (unpaired) electrons. The first-order valence-electron chi connectivity index (χ1n) is 6.27. The van der Waals surface area contributed by atoms with Gasteiger partial charge >= 0.3 is 5.97 Å². The molecule has 108 valence electrons. The van der Waals surface area contributed by atoms with Crippen LogP contribution in [0, 0.1) is 15.5 Å².